The number of rotatable bonds is 3. The predicted octanol–water partition coefficient (Wildman–Crippen LogP) is 2.32. The molecular weight excluding hydrogens is 274 g/mol. The zero-order chi connectivity index (χ0) is 13.9. The van der Waals surface area contributed by atoms with Crippen LogP contribution >= 0.6 is 11.6 Å². The summed E-state index contributed by atoms with van der Waals surface area (Å²) < 4.78 is 2.16. The van der Waals surface area contributed by atoms with E-state index in [0.29, 0.717) is 17.6 Å². The van der Waals surface area contributed by atoms with E-state index < -0.39 is 0 Å². The molecule has 0 bridgehead atoms. The number of nitriles is 1. The molecule has 3 heterocycles. The molecule has 6 heteroatoms. The minimum atomic E-state index is 0.431. The fraction of sp³-hybridized carbons (Fsp3) is 0.500. The van der Waals surface area contributed by atoms with Gasteiger partial charge in [0.05, 0.1) is 12.6 Å². The minimum absolute atomic E-state index is 0.431. The van der Waals surface area contributed by atoms with Gasteiger partial charge < -0.3 is 4.57 Å². The maximum Gasteiger partial charge on any atom is 0.162 e. The van der Waals surface area contributed by atoms with Crippen molar-refractivity contribution in [1.82, 2.24) is 19.7 Å². The van der Waals surface area contributed by atoms with E-state index in [1.807, 2.05) is 12.1 Å². The maximum absolute atomic E-state index is 8.71. The molecule has 2 aromatic heterocycles. The van der Waals surface area contributed by atoms with Crippen molar-refractivity contribution in [2.24, 2.45) is 5.92 Å². The lowest BCUT2D eigenvalue weighted by molar-refractivity contribution is 0.191. The largest absolute Gasteiger partial charge is 0.331 e. The Bertz CT molecular complexity index is 637. The van der Waals surface area contributed by atoms with Crippen LogP contribution in [-0.2, 0) is 6.54 Å². The number of hydrogen-bond donors (Lipinski definition) is 0. The topological polar surface area (TPSA) is 57.7 Å². The molecule has 0 saturated carbocycles. The Morgan fingerprint density at radius 2 is 2.15 bits per heavy atom. The van der Waals surface area contributed by atoms with Crippen molar-refractivity contribution in [1.29, 1.82) is 5.26 Å². The normalized spacial score (nSPS) is 17.4. The van der Waals surface area contributed by atoms with Crippen molar-refractivity contribution in [2.45, 2.75) is 19.4 Å². The van der Waals surface area contributed by atoms with E-state index in [-0.39, 0.29) is 0 Å². The highest BCUT2D eigenvalue weighted by atomic mass is 35.5. The third-order valence-corrected chi connectivity index (χ3v) is 4.12. The lowest BCUT2D eigenvalue weighted by Gasteiger charge is -2.30. The fourth-order valence-corrected chi connectivity index (χ4v) is 2.97. The molecule has 1 aliphatic rings. The quantitative estimate of drug-likeness (QED) is 0.814. The molecule has 0 spiro atoms. The second-order valence-electron chi connectivity index (χ2n) is 5.29. The molecule has 104 valence electrons. The van der Waals surface area contributed by atoms with Crippen LogP contribution in [0, 0.1) is 17.2 Å². The number of piperidine rings is 1. The van der Waals surface area contributed by atoms with Gasteiger partial charge >= 0.3 is 0 Å². The first kappa shape index (κ1) is 13.3. The summed E-state index contributed by atoms with van der Waals surface area (Å²) in [4.78, 5) is 2.21. The molecule has 2 aromatic rings. The van der Waals surface area contributed by atoms with E-state index in [1.54, 1.807) is 0 Å². The summed E-state index contributed by atoms with van der Waals surface area (Å²) in [6.45, 7) is 3.52. The summed E-state index contributed by atoms with van der Waals surface area (Å²) in [5.41, 5.74) is 0.897. The fourth-order valence-electron chi connectivity index (χ4n) is 2.81. The van der Waals surface area contributed by atoms with Gasteiger partial charge in [-0.25, -0.2) is 0 Å². The standard InChI is InChI=1S/C14H16ClN5/c15-13-9-12-3-7-20(14(12)18-17-13)10-11-1-5-19(6-2-11)8-4-16/h3,7,9,11H,1-2,5-6,8,10H2. The maximum atomic E-state index is 8.71. The van der Waals surface area contributed by atoms with Crippen LogP contribution in [0.15, 0.2) is 18.3 Å². The molecule has 0 amide bonds. The molecule has 1 fully saturated rings. The Morgan fingerprint density at radius 1 is 1.35 bits per heavy atom. The van der Waals surface area contributed by atoms with Crippen molar-refractivity contribution in [3.8, 4) is 6.07 Å². The van der Waals surface area contributed by atoms with Gasteiger partial charge in [0, 0.05) is 18.1 Å². The van der Waals surface area contributed by atoms with E-state index >= 15 is 0 Å². The molecule has 0 N–H and O–H groups in total. The Kier molecular flexibility index (Phi) is 3.86. The first-order chi connectivity index (χ1) is 9.76. The summed E-state index contributed by atoms with van der Waals surface area (Å²) in [5, 5.41) is 18.3. The van der Waals surface area contributed by atoms with Crippen LogP contribution < -0.4 is 0 Å². The van der Waals surface area contributed by atoms with Crippen LogP contribution in [0.1, 0.15) is 12.8 Å². The van der Waals surface area contributed by atoms with E-state index in [4.69, 9.17) is 16.9 Å². The van der Waals surface area contributed by atoms with E-state index in [1.165, 1.54) is 0 Å². The Morgan fingerprint density at radius 3 is 2.90 bits per heavy atom. The average Bonchev–Trinajstić information content (AvgIpc) is 2.83. The van der Waals surface area contributed by atoms with Gasteiger partial charge in [-0.05, 0) is 44.0 Å². The zero-order valence-electron chi connectivity index (χ0n) is 11.2. The van der Waals surface area contributed by atoms with Crippen LogP contribution in [-0.4, -0.2) is 39.3 Å². The first-order valence-corrected chi connectivity index (χ1v) is 7.21. The van der Waals surface area contributed by atoms with Crippen molar-refractivity contribution in [3.63, 3.8) is 0 Å². The van der Waals surface area contributed by atoms with Gasteiger partial charge in [0.15, 0.2) is 10.8 Å². The van der Waals surface area contributed by atoms with Crippen LogP contribution in [0.3, 0.4) is 0 Å². The molecule has 3 rings (SSSR count). The summed E-state index contributed by atoms with van der Waals surface area (Å²) in [7, 11) is 0. The van der Waals surface area contributed by atoms with Crippen molar-refractivity contribution >= 4 is 22.6 Å². The Hall–Kier alpha value is -1.64. The van der Waals surface area contributed by atoms with Crippen LogP contribution in [0.2, 0.25) is 5.15 Å². The average molecular weight is 290 g/mol. The third-order valence-electron chi connectivity index (χ3n) is 3.94. The van der Waals surface area contributed by atoms with Gasteiger partial charge in [-0.2, -0.15) is 5.26 Å². The predicted molar refractivity (Wildman–Crippen MR) is 77.3 cm³/mol. The molecule has 0 aliphatic carbocycles. The molecule has 1 saturated heterocycles. The summed E-state index contributed by atoms with van der Waals surface area (Å²) in [5.74, 6) is 0.637. The Labute approximate surface area is 122 Å². The van der Waals surface area contributed by atoms with Crippen molar-refractivity contribution in [2.75, 3.05) is 19.6 Å². The van der Waals surface area contributed by atoms with Gasteiger partial charge in [-0.3, -0.25) is 4.90 Å². The van der Waals surface area contributed by atoms with E-state index in [9.17, 15) is 0 Å². The minimum Gasteiger partial charge on any atom is -0.331 e. The summed E-state index contributed by atoms with van der Waals surface area (Å²) in [6.07, 6.45) is 4.31. The van der Waals surface area contributed by atoms with Crippen LogP contribution in [0.25, 0.3) is 11.0 Å². The van der Waals surface area contributed by atoms with Gasteiger partial charge in [-0.15, -0.1) is 10.2 Å². The number of aromatic nitrogens is 3. The van der Waals surface area contributed by atoms with Gasteiger partial charge in [0.1, 0.15) is 0 Å². The highest BCUT2D eigenvalue weighted by molar-refractivity contribution is 6.29. The lowest BCUT2D eigenvalue weighted by Crippen LogP contribution is -2.35. The molecule has 0 unspecified atom stereocenters. The molecule has 0 radical (unpaired) electrons. The lowest BCUT2D eigenvalue weighted by atomic mass is 9.97. The SMILES string of the molecule is N#CCN1CCC(Cn2ccc3cc(Cl)nnc32)CC1. The van der Waals surface area contributed by atoms with Crippen molar-refractivity contribution < 1.29 is 0 Å². The molecule has 0 atom stereocenters. The molecule has 5 nitrogen and oxygen atoms in total. The number of likely N-dealkylation sites (tertiary alicyclic amines) is 1. The van der Waals surface area contributed by atoms with Crippen LogP contribution in [0.4, 0.5) is 0 Å². The number of nitrogens with zero attached hydrogens (tertiary/aromatic N) is 5. The zero-order valence-corrected chi connectivity index (χ0v) is 11.9. The van der Waals surface area contributed by atoms with Crippen LogP contribution in [0.5, 0.6) is 0 Å². The molecule has 20 heavy (non-hydrogen) atoms. The second-order valence-corrected chi connectivity index (χ2v) is 5.68. The van der Waals surface area contributed by atoms with Gasteiger partial charge in [-0.1, -0.05) is 11.6 Å². The molecule has 1 aliphatic heterocycles. The van der Waals surface area contributed by atoms with Gasteiger partial charge in [0.25, 0.3) is 0 Å². The second kappa shape index (κ2) is 5.78. The number of fused-ring (bicyclic) bond motifs is 1. The highest BCUT2D eigenvalue weighted by Gasteiger charge is 2.19. The summed E-state index contributed by atoms with van der Waals surface area (Å²) in [6, 6.07) is 6.09. The monoisotopic (exact) mass is 289 g/mol. The molecular formula is C14H16ClN5. The summed E-state index contributed by atoms with van der Waals surface area (Å²) >= 11 is 5.85. The van der Waals surface area contributed by atoms with Crippen molar-refractivity contribution in [3.05, 3.63) is 23.5 Å². The van der Waals surface area contributed by atoms with Gasteiger partial charge in [0.2, 0.25) is 0 Å². The molecule has 0 aromatic carbocycles. The first-order valence-electron chi connectivity index (χ1n) is 6.83. The third kappa shape index (κ3) is 2.77. The van der Waals surface area contributed by atoms with E-state index in [2.05, 4.69) is 31.9 Å². The van der Waals surface area contributed by atoms with E-state index in [0.717, 1.165) is 43.5 Å². The number of hydrogen-bond acceptors (Lipinski definition) is 4. The smallest absolute Gasteiger partial charge is 0.162 e. The highest BCUT2D eigenvalue weighted by Crippen LogP contribution is 2.22. The number of halogens is 1. The Balaban J connectivity index is 1.67.